The highest BCUT2D eigenvalue weighted by atomic mass is 32.1. The normalized spacial score (nSPS) is 18.5. The summed E-state index contributed by atoms with van der Waals surface area (Å²) in [6, 6.07) is 11.3. The van der Waals surface area contributed by atoms with Crippen LogP contribution in [0.2, 0.25) is 0 Å². The van der Waals surface area contributed by atoms with E-state index in [1.165, 1.54) is 36.7 Å². The first-order valence-corrected chi connectivity index (χ1v) is 8.58. The van der Waals surface area contributed by atoms with Gasteiger partial charge in [0.25, 0.3) is 0 Å². The van der Waals surface area contributed by atoms with E-state index in [0.29, 0.717) is 11.2 Å². The van der Waals surface area contributed by atoms with Crippen molar-refractivity contribution in [2.24, 2.45) is 0 Å². The van der Waals surface area contributed by atoms with Gasteiger partial charge in [-0.15, -0.1) is 11.3 Å². The van der Waals surface area contributed by atoms with E-state index >= 15 is 0 Å². The molecule has 1 aliphatic rings. The van der Waals surface area contributed by atoms with Gasteiger partial charge in [0.2, 0.25) is 5.91 Å². The Morgan fingerprint density at radius 1 is 1.41 bits per heavy atom. The second-order valence-corrected chi connectivity index (χ2v) is 6.64. The van der Waals surface area contributed by atoms with Crippen molar-refractivity contribution in [1.82, 2.24) is 9.88 Å². The third kappa shape index (κ3) is 3.93. The smallest absolute Gasteiger partial charge is 0.223 e. The zero-order valence-electron chi connectivity index (χ0n) is 12.8. The maximum absolute atomic E-state index is 11.1. The van der Waals surface area contributed by atoms with Crippen LogP contribution in [0.15, 0.2) is 35.7 Å². The van der Waals surface area contributed by atoms with Gasteiger partial charge in [-0.25, -0.2) is 4.98 Å². The Morgan fingerprint density at radius 3 is 3.00 bits per heavy atom. The van der Waals surface area contributed by atoms with Crippen molar-refractivity contribution < 1.29 is 4.79 Å². The van der Waals surface area contributed by atoms with E-state index in [-0.39, 0.29) is 5.91 Å². The standard InChI is InChI=1S/C17H21N3OS/c1-13(21)18-17-19-15(12-22-17)11-20-9-5-8-16(20)10-14-6-3-2-4-7-14/h2-4,6-7,12,16H,5,8-11H2,1H3,(H,18,19,21)/t16-/m1/s1. The lowest BCUT2D eigenvalue weighted by Gasteiger charge is -2.23. The Hall–Kier alpha value is -1.72. The molecule has 3 rings (SSSR count). The summed E-state index contributed by atoms with van der Waals surface area (Å²) in [7, 11) is 0. The van der Waals surface area contributed by atoms with Gasteiger partial charge in [-0.3, -0.25) is 9.69 Å². The number of anilines is 1. The molecule has 22 heavy (non-hydrogen) atoms. The third-order valence-corrected chi connectivity index (χ3v) is 4.82. The van der Waals surface area contributed by atoms with E-state index in [1.54, 1.807) is 0 Å². The Morgan fingerprint density at radius 2 is 2.23 bits per heavy atom. The summed E-state index contributed by atoms with van der Waals surface area (Å²) >= 11 is 1.50. The van der Waals surface area contributed by atoms with Gasteiger partial charge < -0.3 is 5.32 Å². The number of carbonyl (C=O) groups excluding carboxylic acids is 1. The van der Waals surface area contributed by atoms with E-state index in [9.17, 15) is 4.79 Å². The van der Waals surface area contributed by atoms with Crippen molar-refractivity contribution in [1.29, 1.82) is 0 Å². The monoisotopic (exact) mass is 315 g/mol. The van der Waals surface area contributed by atoms with E-state index in [4.69, 9.17) is 0 Å². The molecule has 1 fully saturated rings. The van der Waals surface area contributed by atoms with Gasteiger partial charge in [0.05, 0.1) is 5.69 Å². The Labute approximate surface area is 135 Å². The number of carbonyl (C=O) groups is 1. The summed E-state index contributed by atoms with van der Waals surface area (Å²) in [4.78, 5) is 18.1. The van der Waals surface area contributed by atoms with Crippen LogP contribution in [0, 0.1) is 0 Å². The number of benzene rings is 1. The van der Waals surface area contributed by atoms with Crippen LogP contribution in [0.1, 0.15) is 31.0 Å². The van der Waals surface area contributed by atoms with E-state index in [0.717, 1.165) is 25.2 Å². The predicted molar refractivity (Wildman–Crippen MR) is 90.0 cm³/mol. The number of thiazole rings is 1. The van der Waals surface area contributed by atoms with E-state index in [2.05, 4.69) is 45.5 Å². The van der Waals surface area contributed by atoms with Gasteiger partial charge in [0, 0.05) is 24.9 Å². The van der Waals surface area contributed by atoms with Gasteiger partial charge in [-0.1, -0.05) is 30.3 Å². The highest BCUT2D eigenvalue weighted by molar-refractivity contribution is 7.13. The van der Waals surface area contributed by atoms with Crippen LogP contribution >= 0.6 is 11.3 Å². The van der Waals surface area contributed by atoms with Crippen molar-refractivity contribution in [3.63, 3.8) is 0 Å². The van der Waals surface area contributed by atoms with Gasteiger partial charge in [-0.05, 0) is 31.4 Å². The highest BCUT2D eigenvalue weighted by Gasteiger charge is 2.25. The molecule has 0 spiro atoms. The van der Waals surface area contributed by atoms with Crippen LogP contribution in [-0.2, 0) is 17.8 Å². The molecule has 1 aliphatic heterocycles. The summed E-state index contributed by atoms with van der Waals surface area (Å²) in [5, 5.41) is 5.49. The summed E-state index contributed by atoms with van der Waals surface area (Å²) < 4.78 is 0. The lowest BCUT2D eigenvalue weighted by Crippen LogP contribution is -2.30. The molecule has 1 saturated heterocycles. The lowest BCUT2D eigenvalue weighted by molar-refractivity contribution is -0.114. The molecule has 0 aliphatic carbocycles. The fraction of sp³-hybridized carbons (Fsp3) is 0.412. The van der Waals surface area contributed by atoms with Gasteiger partial charge in [0.1, 0.15) is 0 Å². The summed E-state index contributed by atoms with van der Waals surface area (Å²) in [5.41, 5.74) is 2.45. The molecule has 0 saturated carbocycles. The number of aromatic nitrogens is 1. The Balaban J connectivity index is 1.61. The molecule has 1 amide bonds. The van der Waals surface area contributed by atoms with E-state index < -0.39 is 0 Å². The van der Waals surface area contributed by atoms with Crippen LogP contribution in [0.25, 0.3) is 0 Å². The maximum atomic E-state index is 11.1. The van der Waals surface area contributed by atoms with Crippen LogP contribution in [0.5, 0.6) is 0 Å². The molecule has 116 valence electrons. The van der Waals surface area contributed by atoms with Crippen LogP contribution < -0.4 is 5.32 Å². The fourth-order valence-electron chi connectivity index (χ4n) is 3.02. The second-order valence-electron chi connectivity index (χ2n) is 5.78. The van der Waals surface area contributed by atoms with Gasteiger partial charge in [0.15, 0.2) is 5.13 Å². The van der Waals surface area contributed by atoms with Crippen molar-refractivity contribution in [3.8, 4) is 0 Å². The topological polar surface area (TPSA) is 45.2 Å². The first kappa shape index (κ1) is 15.2. The average molecular weight is 315 g/mol. The van der Waals surface area contributed by atoms with E-state index in [1.807, 2.05) is 5.38 Å². The van der Waals surface area contributed by atoms with Crippen molar-refractivity contribution in [3.05, 3.63) is 47.0 Å². The van der Waals surface area contributed by atoms with Gasteiger partial charge >= 0.3 is 0 Å². The SMILES string of the molecule is CC(=O)Nc1nc(CN2CCC[C@@H]2Cc2ccccc2)cs1. The lowest BCUT2D eigenvalue weighted by atomic mass is 10.0. The Bertz CT molecular complexity index is 626. The quantitative estimate of drug-likeness (QED) is 0.920. The van der Waals surface area contributed by atoms with Crippen molar-refractivity contribution >= 4 is 22.4 Å². The molecule has 5 heteroatoms. The molecule has 0 bridgehead atoms. The molecule has 1 N–H and O–H groups in total. The number of rotatable bonds is 5. The highest BCUT2D eigenvalue weighted by Crippen LogP contribution is 2.24. The molecule has 1 atom stereocenters. The fourth-order valence-corrected chi connectivity index (χ4v) is 3.76. The summed E-state index contributed by atoms with van der Waals surface area (Å²) in [5.74, 6) is -0.0657. The number of nitrogens with zero attached hydrogens (tertiary/aromatic N) is 2. The first-order chi connectivity index (χ1) is 10.7. The molecule has 2 aromatic rings. The van der Waals surface area contributed by atoms with Crippen molar-refractivity contribution in [2.75, 3.05) is 11.9 Å². The molecule has 2 heterocycles. The number of likely N-dealkylation sites (tertiary alicyclic amines) is 1. The molecular weight excluding hydrogens is 294 g/mol. The van der Waals surface area contributed by atoms with Crippen LogP contribution in [0.4, 0.5) is 5.13 Å². The summed E-state index contributed by atoms with van der Waals surface area (Å²) in [6.07, 6.45) is 3.60. The van der Waals surface area contributed by atoms with Crippen LogP contribution in [0.3, 0.4) is 0 Å². The van der Waals surface area contributed by atoms with Crippen molar-refractivity contribution in [2.45, 2.75) is 38.8 Å². The minimum atomic E-state index is -0.0657. The molecule has 1 aromatic carbocycles. The molecule has 1 aromatic heterocycles. The van der Waals surface area contributed by atoms with Crippen LogP contribution in [-0.4, -0.2) is 28.4 Å². The minimum absolute atomic E-state index is 0.0657. The maximum Gasteiger partial charge on any atom is 0.223 e. The molecule has 0 unspecified atom stereocenters. The zero-order chi connectivity index (χ0) is 15.4. The first-order valence-electron chi connectivity index (χ1n) is 7.70. The average Bonchev–Trinajstić information content (AvgIpc) is 3.10. The third-order valence-electron chi connectivity index (χ3n) is 4.01. The molecular formula is C17H21N3OS. The largest absolute Gasteiger partial charge is 0.302 e. The number of amides is 1. The Kier molecular flexibility index (Phi) is 4.85. The second kappa shape index (κ2) is 7.03. The van der Waals surface area contributed by atoms with Gasteiger partial charge in [-0.2, -0.15) is 0 Å². The molecule has 4 nitrogen and oxygen atoms in total. The number of hydrogen-bond acceptors (Lipinski definition) is 4. The predicted octanol–water partition coefficient (Wildman–Crippen LogP) is 3.31. The summed E-state index contributed by atoms with van der Waals surface area (Å²) in [6.45, 7) is 3.51. The minimum Gasteiger partial charge on any atom is -0.302 e. The zero-order valence-corrected chi connectivity index (χ0v) is 13.6. The molecule has 0 radical (unpaired) electrons. The number of hydrogen-bond donors (Lipinski definition) is 1. The number of nitrogens with one attached hydrogen (secondary N) is 1.